The molecule has 3 amide bonds. The molecule has 1 aliphatic rings. The maximum Gasteiger partial charge on any atom is 0.320 e. The van der Waals surface area contributed by atoms with E-state index in [2.05, 4.69) is 5.32 Å². The normalized spacial score (nSPS) is 15.5. The molecule has 1 fully saturated rings. The third-order valence-corrected chi connectivity index (χ3v) is 6.86. The van der Waals surface area contributed by atoms with Crippen LogP contribution in [0.5, 0.6) is 0 Å². The van der Waals surface area contributed by atoms with Gasteiger partial charge in [0.05, 0.1) is 5.56 Å². The average Bonchev–Trinajstić information content (AvgIpc) is 3.38. The monoisotopic (exact) mass is 456 g/mol. The number of nitrogens with two attached hydrogens (primary N) is 3. The van der Waals surface area contributed by atoms with Gasteiger partial charge in [-0.2, -0.15) is 0 Å². The molecule has 0 unspecified atom stereocenters. The number of aliphatic carboxylic acids is 1. The van der Waals surface area contributed by atoms with Gasteiger partial charge in [-0.05, 0) is 60.4 Å². The second-order valence-corrected chi connectivity index (χ2v) is 9.11. The molecule has 1 heterocycles. The fourth-order valence-electron chi connectivity index (χ4n) is 4.15. The SMILES string of the molecule is Cc1cc(-c2cc(C(N)=O)c(NC(N)=O)s2)ccc1/C(=C/C[C@H](N)C(=O)O)C1CCCC1. The third-order valence-electron chi connectivity index (χ3n) is 5.76. The number of carboxylic acid groups (broad SMARTS) is 1. The molecule has 1 atom stereocenters. The number of carboxylic acids is 1. The zero-order chi connectivity index (χ0) is 23.4. The van der Waals surface area contributed by atoms with Gasteiger partial charge in [-0.3, -0.25) is 14.9 Å². The maximum absolute atomic E-state index is 11.8. The van der Waals surface area contributed by atoms with Crippen molar-refractivity contribution in [3.8, 4) is 10.4 Å². The van der Waals surface area contributed by atoms with Crippen LogP contribution in [0.3, 0.4) is 0 Å². The minimum Gasteiger partial charge on any atom is -0.480 e. The molecule has 32 heavy (non-hydrogen) atoms. The quantitative estimate of drug-likeness (QED) is 0.408. The summed E-state index contributed by atoms with van der Waals surface area (Å²) in [7, 11) is 0. The summed E-state index contributed by atoms with van der Waals surface area (Å²) in [5, 5.41) is 11.9. The zero-order valence-electron chi connectivity index (χ0n) is 17.9. The molecule has 1 aromatic carbocycles. The number of carbonyl (C=O) groups excluding carboxylic acids is 2. The first-order valence-corrected chi connectivity index (χ1v) is 11.3. The van der Waals surface area contributed by atoms with Crippen molar-refractivity contribution in [1.29, 1.82) is 0 Å². The van der Waals surface area contributed by atoms with E-state index in [0.717, 1.165) is 52.8 Å². The summed E-state index contributed by atoms with van der Waals surface area (Å²) in [6, 6.07) is 5.93. The Balaban J connectivity index is 1.96. The minimum atomic E-state index is -1.01. The Morgan fingerprint density at radius 3 is 2.44 bits per heavy atom. The van der Waals surface area contributed by atoms with Crippen molar-refractivity contribution < 1.29 is 19.5 Å². The van der Waals surface area contributed by atoms with Gasteiger partial charge in [-0.25, -0.2) is 4.79 Å². The number of allylic oxidation sites excluding steroid dienone is 1. The van der Waals surface area contributed by atoms with E-state index in [1.807, 2.05) is 31.2 Å². The Labute approximate surface area is 190 Å². The van der Waals surface area contributed by atoms with E-state index in [9.17, 15) is 14.4 Å². The van der Waals surface area contributed by atoms with E-state index in [0.29, 0.717) is 10.9 Å². The van der Waals surface area contributed by atoms with Crippen LogP contribution in [0.2, 0.25) is 0 Å². The van der Waals surface area contributed by atoms with E-state index in [-0.39, 0.29) is 12.0 Å². The molecule has 9 heteroatoms. The van der Waals surface area contributed by atoms with Crippen molar-refractivity contribution in [1.82, 2.24) is 0 Å². The first-order chi connectivity index (χ1) is 15.2. The fourth-order valence-corrected chi connectivity index (χ4v) is 5.21. The van der Waals surface area contributed by atoms with Gasteiger partial charge in [-0.1, -0.05) is 37.1 Å². The molecule has 0 spiro atoms. The molecule has 8 nitrogen and oxygen atoms in total. The van der Waals surface area contributed by atoms with Crippen molar-refractivity contribution in [3.05, 3.63) is 47.0 Å². The van der Waals surface area contributed by atoms with Crippen LogP contribution < -0.4 is 22.5 Å². The molecule has 170 valence electrons. The van der Waals surface area contributed by atoms with Crippen LogP contribution in [0.15, 0.2) is 30.3 Å². The first-order valence-electron chi connectivity index (χ1n) is 10.5. The van der Waals surface area contributed by atoms with E-state index in [1.54, 1.807) is 6.07 Å². The van der Waals surface area contributed by atoms with Crippen LogP contribution in [-0.2, 0) is 4.79 Å². The Morgan fingerprint density at radius 2 is 1.88 bits per heavy atom. The highest BCUT2D eigenvalue weighted by Crippen LogP contribution is 2.40. The lowest BCUT2D eigenvalue weighted by atomic mass is 9.86. The van der Waals surface area contributed by atoms with E-state index in [4.69, 9.17) is 22.3 Å². The van der Waals surface area contributed by atoms with E-state index >= 15 is 0 Å². The van der Waals surface area contributed by atoms with Gasteiger partial charge in [0, 0.05) is 4.88 Å². The molecule has 1 saturated carbocycles. The van der Waals surface area contributed by atoms with Crippen LogP contribution in [0.4, 0.5) is 9.80 Å². The summed E-state index contributed by atoms with van der Waals surface area (Å²) in [6.07, 6.45) is 6.71. The topological polar surface area (TPSA) is 162 Å². The number of hydrogen-bond acceptors (Lipinski definition) is 5. The summed E-state index contributed by atoms with van der Waals surface area (Å²) >= 11 is 1.23. The Bertz CT molecular complexity index is 1070. The highest BCUT2D eigenvalue weighted by Gasteiger charge is 2.23. The molecule has 0 radical (unpaired) electrons. The molecule has 2 aromatic rings. The van der Waals surface area contributed by atoms with Gasteiger partial charge < -0.3 is 22.3 Å². The summed E-state index contributed by atoms with van der Waals surface area (Å²) in [4.78, 5) is 34.9. The van der Waals surface area contributed by atoms with Crippen LogP contribution in [-0.4, -0.2) is 29.1 Å². The Morgan fingerprint density at radius 1 is 1.19 bits per heavy atom. The number of benzene rings is 1. The number of hydrogen-bond donors (Lipinski definition) is 5. The second kappa shape index (κ2) is 9.97. The summed E-state index contributed by atoms with van der Waals surface area (Å²) in [6.45, 7) is 2.00. The lowest BCUT2D eigenvalue weighted by Crippen LogP contribution is -2.29. The van der Waals surface area contributed by atoms with Crippen molar-refractivity contribution in [2.75, 3.05) is 5.32 Å². The number of thiophene rings is 1. The number of urea groups is 1. The molecular weight excluding hydrogens is 428 g/mol. The highest BCUT2D eigenvalue weighted by atomic mass is 32.1. The zero-order valence-corrected chi connectivity index (χ0v) is 18.7. The minimum absolute atomic E-state index is 0.208. The molecular formula is C23H28N4O4S. The summed E-state index contributed by atoms with van der Waals surface area (Å²) in [5.41, 5.74) is 20.7. The largest absolute Gasteiger partial charge is 0.480 e. The summed E-state index contributed by atoms with van der Waals surface area (Å²) < 4.78 is 0. The molecule has 1 aromatic heterocycles. The fraction of sp³-hybridized carbons (Fsp3) is 0.348. The lowest BCUT2D eigenvalue weighted by molar-refractivity contribution is -0.138. The summed E-state index contributed by atoms with van der Waals surface area (Å²) in [5.74, 6) is -1.27. The van der Waals surface area contributed by atoms with Gasteiger partial charge in [0.1, 0.15) is 11.0 Å². The molecule has 0 bridgehead atoms. The number of aryl methyl sites for hydroxylation is 1. The average molecular weight is 457 g/mol. The van der Waals surface area contributed by atoms with Gasteiger partial charge in [0.2, 0.25) is 0 Å². The number of primary amides is 2. The molecule has 8 N–H and O–H groups in total. The van der Waals surface area contributed by atoms with Gasteiger partial charge in [0.25, 0.3) is 5.91 Å². The lowest BCUT2D eigenvalue weighted by Gasteiger charge is -2.19. The van der Waals surface area contributed by atoms with Gasteiger partial charge in [-0.15, -0.1) is 11.3 Å². The number of amides is 3. The van der Waals surface area contributed by atoms with Crippen LogP contribution in [0, 0.1) is 12.8 Å². The van der Waals surface area contributed by atoms with Crippen LogP contribution in [0.1, 0.15) is 53.6 Å². The standard InChI is InChI=1S/C23H28N4O4S/c1-12-10-14(19-11-17(20(25)28)21(32-19)27-23(26)31)6-7-15(12)16(13-4-2-3-5-13)8-9-18(24)22(29)30/h6-8,10-11,13,18H,2-5,9,24H2,1H3,(H2,25,28)(H,29,30)(H3,26,27,31)/b16-8+/t18-/m0/s1. The number of rotatable bonds is 8. The second-order valence-electron chi connectivity index (χ2n) is 8.06. The molecule has 0 saturated heterocycles. The van der Waals surface area contributed by atoms with Gasteiger partial charge in [0.15, 0.2) is 0 Å². The van der Waals surface area contributed by atoms with E-state index in [1.165, 1.54) is 11.3 Å². The predicted octanol–water partition coefficient (Wildman–Crippen LogP) is 3.69. The first kappa shape index (κ1) is 23.5. The van der Waals surface area contributed by atoms with Gasteiger partial charge >= 0.3 is 12.0 Å². The maximum atomic E-state index is 11.8. The van der Waals surface area contributed by atoms with Crippen LogP contribution >= 0.6 is 11.3 Å². The molecule has 0 aliphatic heterocycles. The van der Waals surface area contributed by atoms with Crippen molar-refractivity contribution >= 4 is 39.8 Å². The Hall–Kier alpha value is -3.17. The number of carbonyl (C=O) groups is 3. The van der Waals surface area contributed by atoms with Crippen molar-refractivity contribution in [3.63, 3.8) is 0 Å². The van der Waals surface area contributed by atoms with E-state index < -0.39 is 23.9 Å². The smallest absolute Gasteiger partial charge is 0.320 e. The molecule has 3 rings (SSSR count). The predicted molar refractivity (Wildman–Crippen MR) is 126 cm³/mol. The van der Waals surface area contributed by atoms with Crippen molar-refractivity contribution in [2.24, 2.45) is 23.1 Å². The number of anilines is 1. The van der Waals surface area contributed by atoms with Crippen molar-refractivity contribution in [2.45, 2.75) is 45.1 Å². The molecule has 1 aliphatic carbocycles. The third kappa shape index (κ3) is 5.35. The van der Waals surface area contributed by atoms with Crippen LogP contribution in [0.25, 0.3) is 16.0 Å². The highest BCUT2D eigenvalue weighted by molar-refractivity contribution is 7.20. The Kier molecular flexibility index (Phi) is 7.32. The number of nitrogens with one attached hydrogen (secondary N) is 1.